The Labute approximate surface area is 126 Å². The summed E-state index contributed by atoms with van der Waals surface area (Å²) in [6.07, 6.45) is 0.949. The second-order valence-corrected chi connectivity index (χ2v) is 7.39. The predicted octanol–water partition coefficient (Wildman–Crippen LogP) is 2.14. The maximum atomic E-state index is 12.7. The zero-order valence-electron chi connectivity index (χ0n) is 11.9. The molecule has 1 heterocycles. The number of alkyl halides is 1. The Morgan fingerprint density at radius 3 is 2.75 bits per heavy atom. The van der Waals surface area contributed by atoms with Crippen LogP contribution in [0.4, 0.5) is 0 Å². The Morgan fingerprint density at radius 1 is 1.35 bits per heavy atom. The topological polar surface area (TPSA) is 40.6 Å². The molecule has 0 N–H and O–H groups in total. The molecule has 0 amide bonds. The quantitative estimate of drug-likeness (QED) is 0.799. The largest absolute Gasteiger partial charge is 0.301 e. The van der Waals surface area contributed by atoms with Crippen molar-refractivity contribution in [3.8, 4) is 0 Å². The molecule has 1 fully saturated rings. The van der Waals surface area contributed by atoms with Gasteiger partial charge in [-0.25, -0.2) is 8.42 Å². The van der Waals surface area contributed by atoms with Crippen LogP contribution in [0.2, 0.25) is 0 Å². The molecule has 4 nitrogen and oxygen atoms in total. The molecule has 0 aromatic heterocycles. The average Bonchev–Trinajstić information content (AvgIpc) is 2.47. The summed E-state index contributed by atoms with van der Waals surface area (Å²) in [6, 6.07) is 7.18. The van der Waals surface area contributed by atoms with Crippen LogP contribution in [0.1, 0.15) is 18.9 Å². The van der Waals surface area contributed by atoms with Gasteiger partial charge in [0, 0.05) is 31.6 Å². The lowest BCUT2D eigenvalue weighted by Gasteiger charge is -2.38. The van der Waals surface area contributed by atoms with E-state index < -0.39 is 10.0 Å². The Morgan fingerprint density at radius 2 is 2.10 bits per heavy atom. The average molecular weight is 317 g/mol. The van der Waals surface area contributed by atoms with Crippen LogP contribution in [0.5, 0.6) is 0 Å². The number of hydrogen-bond acceptors (Lipinski definition) is 3. The predicted molar refractivity (Wildman–Crippen MR) is 81.5 cm³/mol. The number of halogens is 1. The summed E-state index contributed by atoms with van der Waals surface area (Å²) in [5.74, 6) is 0.323. The first-order valence-electron chi connectivity index (χ1n) is 6.84. The van der Waals surface area contributed by atoms with Crippen molar-refractivity contribution in [2.45, 2.75) is 30.2 Å². The summed E-state index contributed by atoms with van der Waals surface area (Å²) >= 11 is 5.78. The van der Waals surface area contributed by atoms with E-state index in [-0.39, 0.29) is 6.04 Å². The van der Waals surface area contributed by atoms with Gasteiger partial charge >= 0.3 is 0 Å². The van der Waals surface area contributed by atoms with Crippen molar-refractivity contribution in [1.29, 1.82) is 0 Å². The van der Waals surface area contributed by atoms with Crippen molar-refractivity contribution in [2.24, 2.45) is 0 Å². The normalized spacial score (nSPS) is 22.1. The number of piperazine rings is 1. The fourth-order valence-electron chi connectivity index (χ4n) is 2.51. The molecular formula is C14H21ClN2O2S. The highest BCUT2D eigenvalue weighted by Crippen LogP contribution is 2.21. The number of nitrogens with zero attached hydrogens (tertiary/aromatic N) is 2. The van der Waals surface area contributed by atoms with E-state index in [2.05, 4.69) is 11.8 Å². The third kappa shape index (κ3) is 3.17. The molecule has 0 saturated carbocycles. The minimum atomic E-state index is -3.41. The lowest BCUT2D eigenvalue weighted by molar-refractivity contribution is 0.144. The molecule has 0 radical (unpaired) electrons. The molecule has 20 heavy (non-hydrogen) atoms. The first kappa shape index (κ1) is 15.8. The van der Waals surface area contributed by atoms with Crippen molar-refractivity contribution >= 4 is 21.6 Å². The fraction of sp³-hybridized carbons (Fsp3) is 0.571. The first-order chi connectivity index (χ1) is 9.48. The van der Waals surface area contributed by atoms with Crippen LogP contribution < -0.4 is 0 Å². The third-order valence-corrected chi connectivity index (χ3v) is 6.07. The monoisotopic (exact) mass is 316 g/mol. The molecule has 1 atom stereocenters. The zero-order valence-corrected chi connectivity index (χ0v) is 13.5. The second-order valence-electron chi connectivity index (χ2n) is 5.19. The molecule has 112 valence electrons. The van der Waals surface area contributed by atoms with Crippen LogP contribution in [-0.2, 0) is 15.9 Å². The summed E-state index contributed by atoms with van der Waals surface area (Å²) < 4.78 is 27.0. The molecule has 2 rings (SSSR count). The minimum Gasteiger partial charge on any atom is -0.301 e. The Balaban J connectivity index is 2.25. The van der Waals surface area contributed by atoms with E-state index in [0.29, 0.717) is 23.9 Å². The van der Waals surface area contributed by atoms with E-state index in [4.69, 9.17) is 11.6 Å². The standard InChI is InChI=1S/C14H21ClN2O2S/c1-3-13-11-17(8-7-16(13)2)20(18,19)14-6-4-5-12(9-14)10-15/h4-6,9,13H,3,7-8,10-11H2,1-2H3. The first-order valence-corrected chi connectivity index (χ1v) is 8.81. The maximum Gasteiger partial charge on any atom is 0.243 e. The third-order valence-electron chi connectivity index (χ3n) is 3.90. The maximum absolute atomic E-state index is 12.7. The molecule has 1 unspecified atom stereocenters. The van der Waals surface area contributed by atoms with Crippen LogP contribution in [0.25, 0.3) is 0 Å². The van der Waals surface area contributed by atoms with Crippen LogP contribution >= 0.6 is 11.6 Å². The number of benzene rings is 1. The lowest BCUT2D eigenvalue weighted by atomic mass is 10.1. The van der Waals surface area contributed by atoms with Crippen LogP contribution in [-0.4, -0.2) is 50.3 Å². The minimum absolute atomic E-state index is 0.287. The molecule has 1 aliphatic rings. The van der Waals surface area contributed by atoms with E-state index in [1.807, 2.05) is 13.1 Å². The Hall–Kier alpha value is -0.620. The molecule has 0 aliphatic carbocycles. The highest BCUT2D eigenvalue weighted by Gasteiger charge is 2.31. The number of rotatable bonds is 4. The van der Waals surface area contributed by atoms with E-state index in [1.54, 1.807) is 22.5 Å². The van der Waals surface area contributed by atoms with Crippen molar-refractivity contribution in [1.82, 2.24) is 9.21 Å². The van der Waals surface area contributed by atoms with E-state index >= 15 is 0 Å². The summed E-state index contributed by atoms with van der Waals surface area (Å²) in [5.41, 5.74) is 0.828. The summed E-state index contributed by atoms with van der Waals surface area (Å²) in [4.78, 5) is 2.57. The van der Waals surface area contributed by atoms with Gasteiger partial charge in [-0.2, -0.15) is 4.31 Å². The van der Waals surface area contributed by atoms with Crippen molar-refractivity contribution < 1.29 is 8.42 Å². The molecule has 1 aliphatic heterocycles. The van der Waals surface area contributed by atoms with Gasteiger partial charge in [0.2, 0.25) is 10.0 Å². The van der Waals surface area contributed by atoms with Crippen molar-refractivity contribution in [3.63, 3.8) is 0 Å². The molecule has 1 saturated heterocycles. The highest BCUT2D eigenvalue weighted by molar-refractivity contribution is 7.89. The summed E-state index contributed by atoms with van der Waals surface area (Å²) in [7, 11) is -1.37. The van der Waals surface area contributed by atoms with E-state index in [0.717, 1.165) is 18.5 Å². The molecule has 6 heteroatoms. The van der Waals surface area contributed by atoms with Crippen LogP contribution in [0, 0.1) is 0 Å². The fourth-order valence-corrected chi connectivity index (χ4v) is 4.22. The molecule has 0 spiro atoms. The van der Waals surface area contributed by atoms with Crippen LogP contribution in [0.15, 0.2) is 29.2 Å². The lowest BCUT2D eigenvalue weighted by Crippen LogP contribution is -2.52. The molecule has 0 bridgehead atoms. The highest BCUT2D eigenvalue weighted by atomic mass is 35.5. The molecular weight excluding hydrogens is 296 g/mol. The summed E-state index contributed by atoms with van der Waals surface area (Å²) in [5, 5.41) is 0. The van der Waals surface area contributed by atoms with Gasteiger partial charge in [-0.05, 0) is 31.2 Å². The molecule has 1 aromatic rings. The van der Waals surface area contributed by atoms with Gasteiger partial charge in [0.15, 0.2) is 0 Å². The van der Waals surface area contributed by atoms with Gasteiger partial charge in [-0.3, -0.25) is 0 Å². The Kier molecular flexibility index (Phi) is 5.07. The van der Waals surface area contributed by atoms with Gasteiger partial charge in [0.1, 0.15) is 0 Å². The van der Waals surface area contributed by atoms with E-state index in [1.165, 1.54) is 0 Å². The van der Waals surface area contributed by atoms with Crippen molar-refractivity contribution in [2.75, 3.05) is 26.7 Å². The summed E-state index contributed by atoms with van der Waals surface area (Å²) in [6.45, 7) is 3.96. The SMILES string of the molecule is CCC1CN(S(=O)(=O)c2cccc(CCl)c2)CCN1C. The zero-order chi connectivity index (χ0) is 14.8. The number of likely N-dealkylation sites (N-methyl/N-ethyl adjacent to an activating group) is 1. The van der Waals surface area contributed by atoms with E-state index in [9.17, 15) is 8.42 Å². The van der Waals surface area contributed by atoms with Crippen LogP contribution in [0.3, 0.4) is 0 Å². The second kappa shape index (κ2) is 6.43. The van der Waals surface area contributed by atoms with Gasteiger partial charge < -0.3 is 4.90 Å². The number of hydrogen-bond donors (Lipinski definition) is 0. The van der Waals surface area contributed by atoms with Crippen molar-refractivity contribution in [3.05, 3.63) is 29.8 Å². The number of sulfonamides is 1. The Bertz CT molecular complexity index is 562. The van der Waals surface area contributed by atoms with Gasteiger partial charge in [-0.1, -0.05) is 19.1 Å². The van der Waals surface area contributed by atoms with Gasteiger partial charge in [0.25, 0.3) is 0 Å². The van der Waals surface area contributed by atoms with Gasteiger partial charge in [-0.15, -0.1) is 11.6 Å². The smallest absolute Gasteiger partial charge is 0.243 e. The van der Waals surface area contributed by atoms with Gasteiger partial charge in [0.05, 0.1) is 4.90 Å². The molecule has 1 aromatic carbocycles.